The highest BCUT2D eigenvalue weighted by Crippen LogP contribution is 2.42. The van der Waals surface area contributed by atoms with Gasteiger partial charge in [-0.15, -0.1) is 0 Å². The standard InChI is InChI=1S/C24H31N5O2/c1-14-6-5-7-22(26-14)28-23-15(2)16(3)29(17(4)30)21-9-8-18(12-20(21)23)24(31)27-19-10-11-25-13-19/h5-9,12,15-16,19,23,25H,10-11,13H2,1-4H3,(H,26,28)(H,27,31)/t15-,16-,19?,23?/m0/s1. The molecule has 3 heterocycles. The van der Waals surface area contributed by atoms with Crippen molar-refractivity contribution in [1.29, 1.82) is 0 Å². The number of carbonyl (C=O) groups is 2. The Kier molecular flexibility index (Phi) is 5.96. The van der Waals surface area contributed by atoms with Crippen molar-refractivity contribution in [2.45, 2.75) is 52.2 Å². The van der Waals surface area contributed by atoms with Crippen molar-refractivity contribution >= 4 is 23.3 Å². The van der Waals surface area contributed by atoms with Crippen LogP contribution in [0.1, 0.15) is 54.8 Å². The molecular formula is C24H31N5O2. The molecule has 4 atom stereocenters. The van der Waals surface area contributed by atoms with Crippen molar-refractivity contribution in [1.82, 2.24) is 15.6 Å². The van der Waals surface area contributed by atoms with Crippen LogP contribution >= 0.6 is 0 Å². The number of nitrogens with one attached hydrogen (secondary N) is 3. The maximum Gasteiger partial charge on any atom is 0.251 e. The number of fused-ring (bicyclic) bond motifs is 1. The van der Waals surface area contributed by atoms with Gasteiger partial charge in [0.1, 0.15) is 5.82 Å². The lowest BCUT2D eigenvalue weighted by atomic mass is 9.82. The van der Waals surface area contributed by atoms with Crippen LogP contribution < -0.4 is 20.9 Å². The molecule has 1 saturated heterocycles. The van der Waals surface area contributed by atoms with Crippen LogP contribution in [-0.2, 0) is 4.79 Å². The summed E-state index contributed by atoms with van der Waals surface area (Å²) in [6.07, 6.45) is 0.937. The minimum absolute atomic E-state index is 0.00182. The molecule has 7 heteroatoms. The summed E-state index contributed by atoms with van der Waals surface area (Å²) < 4.78 is 0. The number of rotatable bonds is 4. The average molecular weight is 422 g/mol. The zero-order chi connectivity index (χ0) is 22.1. The molecule has 0 bridgehead atoms. The van der Waals surface area contributed by atoms with Crippen molar-refractivity contribution in [2.75, 3.05) is 23.3 Å². The van der Waals surface area contributed by atoms with Crippen molar-refractivity contribution in [3.05, 3.63) is 53.2 Å². The third kappa shape index (κ3) is 4.28. The number of aryl methyl sites for hydroxylation is 1. The van der Waals surface area contributed by atoms with Crippen molar-refractivity contribution < 1.29 is 9.59 Å². The van der Waals surface area contributed by atoms with Crippen LogP contribution in [-0.4, -0.2) is 42.0 Å². The summed E-state index contributed by atoms with van der Waals surface area (Å²) in [5, 5.41) is 9.95. The van der Waals surface area contributed by atoms with Gasteiger partial charge in [-0.25, -0.2) is 4.98 Å². The predicted molar refractivity (Wildman–Crippen MR) is 122 cm³/mol. The molecule has 4 rings (SSSR count). The molecule has 1 aromatic carbocycles. The van der Waals surface area contributed by atoms with Gasteiger partial charge in [-0.1, -0.05) is 13.0 Å². The Bertz CT molecular complexity index is 986. The van der Waals surface area contributed by atoms with Crippen molar-refractivity contribution in [3.63, 3.8) is 0 Å². The topological polar surface area (TPSA) is 86.4 Å². The van der Waals surface area contributed by atoms with Crippen LogP contribution in [0.25, 0.3) is 0 Å². The number of amides is 2. The molecule has 2 aliphatic rings. The summed E-state index contributed by atoms with van der Waals surface area (Å²) in [6.45, 7) is 9.48. The van der Waals surface area contributed by atoms with Crippen LogP contribution in [0.15, 0.2) is 36.4 Å². The molecule has 31 heavy (non-hydrogen) atoms. The van der Waals surface area contributed by atoms with Crippen molar-refractivity contribution in [3.8, 4) is 0 Å². The van der Waals surface area contributed by atoms with Crippen molar-refractivity contribution in [2.24, 2.45) is 5.92 Å². The fourth-order valence-corrected chi connectivity index (χ4v) is 4.68. The SMILES string of the molecule is CC(=O)N1c2ccc(C(=O)NC3CCNC3)cc2C(Nc2cccc(C)n2)[C@@H](C)[C@@H]1C. The summed E-state index contributed by atoms with van der Waals surface area (Å²) in [7, 11) is 0. The molecular weight excluding hydrogens is 390 g/mol. The molecule has 2 unspecified atom stereocenters. The molecule has 3 N–H and O–H groups in total. The summed E-state index contributed by atoms with van der Waals surface area (Å²) in [4.78, 5) is 31.8. The van der Waals surface area contributed by atoms with Crippen LogP contribution in [0.3, 0.4) is 0 Å². The van der Waals surface area contributed by atoms with E-state index < -0.39 is 0 Å². The second-order valence-electron chi connectivity index (χ2n) is 8.71. The fourth-order valence-electron chi connectivity index (χ4n) is 4.68. The molecule has 0 saturated carbocycles. The number of carbonyl (C=O) groups excluding carboxylic acids is 2. The molecule has 2 aliphatic heterocycles. The van der Waals surface area contributed by atoms with Gasteiger partial charge in [0.05, 0.1) is 6.04 Å². The number of aromatic nitrogens is 1. The normalized spacial score (nSPS) is 25.1. The van der Waals surface area contributed by atoms with E-state index in [2.05, 4.69) is 34.8 Å². The van der Waals surface area contributed by atoms with E-state index >= 15 is 0 Å². The van der Waals surface area contributed by atoms with E-state index in [4.69, 9.17) is 0 Å². The van der Waals surface area contributed by atoms with Crippen LogP contribution in [0.5, 0.6) is 0 Å². The average Bonchev–Trinajstić information content (AvgIpc) is 3.24. The monoisotopic (exact) mass is 421 g/mol. The number of hydrogen-bond acceptors (Lipinski definition) is 5. The van der Waals surface area contributed by atoms with E-state index in [0.29, 0.717) is 5.56 Å². The quantitative estimate of drug-likeness (QED) is 0.707. The minimum Gasteiger partial charge on any atom is -0.363 e. The second kappa shape index (κ2) is 8.67. The smallest absolute Gasteiger partial charge is 0.251 e. The van der Waals surface area contributed by atoms with Gasteiger partial charge in [-0.3, -0.25) is 9.59 Å². The van der Waals surface area contributed by atoms with E-state index in [9.17, 15) is 9.59 Å². The zero-order valence-corrected chi connectivity index (χ0v) is 18.6. The number of pyridine rings is 1. The van der Waals surface area contributed by atoms with Gasteiger partial charge in [0.25, 0.3) is 5.91 Å². The van der Waals surface area contributed by atoms with Gasteiger partial charge in [-0.2, -0.15) is 0 Å². The highest BCUT2D eigenvalue weighted by atomic mass is 16.2. The molecule has 7 nitrogen and oxygen atoms in total. The third-order valence-corrected chi connectivity index (χ3v) is 6.50. The third-order valence-electron chi connectivity index (χ3n) is 6.50. The molecule has 2 amide bonds. The first kappa shape index (κ1) is 21.3. The highest BCUT2D eigenvalue weighted by molar-refractivity contribution is 5.98. The van der Waals surface area contributed by atoms with Crippen LogP contribution in [0.2, 0.25) is 0 Å². The second-order valence-corrected chi connectivity index (χ2v) is 8.71. The van der Waals surface area contributed by atoms with E-state index in [1.54, 1.807) is 6.92 Å². The highest BCUT2D eigenvalue weighted by Gasteiger charge is 2.38. The van der Waals surface area contributed by atoms with Gasteiger partial charge in [0.15, 0.2) is 0 Å². The largest absolute Gasteiger partial charge is 0.363 e. The van der Waals surface area contributed by atoms with Crippen LogP contribution in [0.4, 0.5) is 11.5 Å². The Morgan fingerprint density at radius 2 is 2.00 bits per heavy atom. The number of hydrogen-bond donors (Lipinski definition) is 3. The van der Waals surface area contributed by atoms with E-state index in [1.807, 2.05) is 48.2 Å². The molecule has 0 spiro atoms. The van der Waals surface area contributed by atoms with E-state index in [0.717, 1.165) is 42.3 Å². The Labute approximate surface area is 183 Å². The molecule has 1 aromatic heterocycles. The lowest BCUT2D eigenvalue weighted by Crippen LogP contribution is -2.48. The van der Waals surface area contributed by atoms with Gasteiger partial charge < -0.3 is 20.9 Å². The lowest BCUT2D eigenvalue weighted by Gasteiger charge is -2.44. The fraction of sp³-hybridized carbons (Fsp3) is 0.458. The Morgan fingerprint density at radius 3 is 2.68 bits per heavy atom. The lowest BCUT2D eigenvalue weighted by molar-refractivity contribution is -0.117. The number of nitrogens with zero attached hydrogens (tertiary/aromatic N) is 2. The first-order valence-electron chi connectivity index (χ1n) is 11.0. The Balaban J connectivity index is 1.71. The molecule has 0 radical (unpaired) electrons. The molecule has 2 aromatic rings. The number of anilines is 2. The van der Waals surface area contributed by atoms with Gasteiger partial charge >= 0.3 is 0 Å². The molecule has 164 valence electrons. The Morgan fingerprint density at radius 1 is 1.19 bits per heavy atom. The number of benzene rings is 1. The summed E-state index contributed by atoms with van der Waals surface area (Å²) in [5.74, 6) is 0.834. The predicted octanol–water partition coefficient (Wildman–Crippen LogP) is 3.03. The maximum absolute atomic E-state index is 12.9. The van der Waals surface area contributed by atoms with Gasteiger partial charge in [0, 0.05) is 48.4 Å². The molecule has 0 aliphatic carbocycles. The van der Waals surface area contributed by atoms with E-state index in [-0.39, 0.29) is 35.9 Å². The first-order chi connectivity index (χ1) is 14.8. The summed E-state index contributed by atoms with van der Waals surface area (Å²) in [6, 6.07) is 11.6. The van der Waals surface area contributed by atoms with Gasteiger partial charge in [0.2, 0.25) is 5.91 Å². The maximum atomic E-state index is 12.9. The van der Waals surface area contributed by atoms with Crippen LogP contribution in [0, 0.1) is 12.8 Å². The summed E-state index contributed by atoms with van der Waals surface area (Å²) in [5.41, 5.74) is 3.34. The first-order valence-corrected chi connectivity index (χ1v) is 11.0. The summed E-state index contributed by atoms with van der Waals surface area (Å²) >= 11 is 0. The minimum atomic E-state index is -0.0791. The Hall–Kier alpha value is -2.93. The molecule has 1 fully saturated rings. The van der Waals surface area contributed by atoms with E-state index in [1.165, 1.54) is 0 Å². The zero-order valence-electron chi connectivity index (χ0n) is 18.6. The van der Waals surface area contributed by atoms with Gasteiger partial charge in [-0.05, 0) is 62.7 Å².